The Bertz CT molecular complexity index is 364. The maximum atomic E-state index is 12.5. The topological polar surface area (TPSA) is 66.8 Å². The normalized spacial score (nSPS) is 37.6. The van der Waals surface area contributed by atoms with Gasteiger partial charge in [0.05, 0.1) is 12.5 Å². The minimum absolute atomic E-state index is 0.0409. The van der Waals surface area contributed by atoms with E-state index >= 15 is 0 Å². The van der Waals surface area contributed by atoms with Crippen molar-refractivity contribution in [2.24, 2.45) is 11.8 Å². The summed E-state index contributed by atoms with van der Waals surface area (Å²) < 4.78 is 5.31. The molecule has 3 fully saturated rings. The molecule has 5 nitrogen and oxygen atoms in total. The Labute approximate surface area is 112 Å². The van der Waals surface area contributed by atoms with Crippen LogP contribution in [0.2, 0.25) is 0 Å². The van der Waals surface area contributed by atoms with Crippen LogP contribution < -0.4 is 0 Å². The van der Waals surface area contributed by atoms with Gasteiger partial charge in [-0.2, -0.15) is 0 Å². The fourth-order valence-corrected chi connectivity index (χ4v) is 4.00. The Kier molecular flexibility index (Phi) is 3.48. The Morgan fingerprint density at radius 3 is 2.37 bits per heavy atom. The van der Waals surface area contributed by atoms with E-state index in [1.165, 1.54) is 0 Å². The number of carbonyl (C=O) groups excluding carboxylic acids is 1. The number of carbonyl (C=O) groups is 2. The fraction of sp³-hybridized carbons (Fsp3) is 0.857. The average Bonchev–Trinajstić information content (AvgIpc) is 2.95. The second kappa shape index (κ2) is 5.12. The van der Waals surface area contributed by atoms with Crippen LogP contribution in [0.1, 0.15) is 38.5 Å². The molecule has 2 bridgehead atoms. The van der Waals surface area contributed by atoms with Crippen molar-refractivity contribution >= 4 is 11.9 Å². The molecule has 0 saturated carbocycles. The number of carboxylic acids is 1. The molecule has 0 aliphatic carbocycles. The fourth-order valence-electron chi connectivity index (χ4n) is 4.00. The van der Waals surface area contributed by atoms with Crippen LogP contribution in [0.4, 0.5) is 0 Å². The van der Waals surface area contributed by atoms with Crippen molar-refractivity contribution in [3.8, 4) is 0 Å². The summed E-state index contributed by atoms with van der Waals surface area (Å²) in [5, 5.41) is 8.91. The number of rotatable bonds is 3. The second-order valence-electron chi connectivity index (χ2n) is 6.13. The first-order valence-electron chi connectivity index (χ1n) is 7.27. The van der Waals surface area contributed by atoms with Gasteiger partial charge in [-0.3, -0.25) is 9.59 Å². The lowest BCUT2D eigenvalue weighted by atomic mass is 9.87. The van der Waals surface area contributed by atoms with Crippen molar-refractivity contribution in [2.75, 3.05) is 13.2 Å². The van der Waals surface area contributed by atoms with Crippen LogP contribution in [0.5, 0.6) is 0 Å². The van der Waals surface area contributed by atoms with Gasteiger partial charge in [-0.1, -0.05) is 0 Å². The van der Waals surface area contributed by atoms with Gasteiger partial charge in [-0.05, 0) is 38.0 Å². The van der Waals surface area contributed by atoms with Crippen LogP contribution in [-0.2, 0) is 14.3 Å². The SMILES string of the molecule is O=C(O)CC1CC2CCC(C1)N2C(=O)C1CCOC1. The molecule has 1 amide bonds. The summed E-state index contributed by atoms with van der Waals surface area (Å²) in [7, 11) is 0. The molecule has 1 N–H and O–H groups in total. The first kappa shape index (κ1) is 12.9. The van der Waals surface area contributed by atoms with Gasteiger partial charge in [0.1, 0.15) is 0 Å². The van der Waals surface area contributed by atoms with Crippen molar-refractivity contribution in [2.45, 2.75) is 50.6 Å². The van der Waals surface area contributed by atoms with Gasteiger partial charge in [0.2, 0.25) is 5.91 Å². The lowest BCUT2D eigenvalue weighted by Crippen LogP contribution is -2.49. The molecule has 3 unspecified atom stereocenters. The molecule has 0 aromatic heterocycles. The molecule has 3 rings (SSSR count). The molecule has 106 valence electrons. The first-order valence-corrected chi connectivity index (χ1v) is 7.27. The van der Waals surface area contributed by atoms with Crippen LogP contribution in [0.25, 0.3) is 0 Å². The molecule has 3 heterocycles. The molecule has 3 aliphatic rings. The maximum absolute atomic E-state index is 12.5. The van der Waals surface area contributed by atoms with Gasteiger partial charge in [0.15, 0.2) is 0 Å². The summed E-state index contributed by atoms with van der Waals surface area (Å²) in [6.07, 6.45) is 4.90. The lowest BCUT2D eigenvalue weighted by molar-refractivity contribution is -0.142. The maximum Gasteiger partial charge on any atom is 0.303 e. The molecule has 19 heavy (non-hydrogen) atoms. The van der Waals surface area contributed by atoms with E-state index in [-0.39, 0.29) is 36.2 Å². The van der Waals surface area contributed by atoms with Gasteiger partial charge in [0, 0.05) is 25.1 Å². The number of fused-ring (bicyclic) bond motifs is 2. The molecule has 5 heteroatoms. The van der Waals surface area contributed by atoms with Gasteiger partial charge >= 0.3 is 5.97 Å². The summed E-state index contributed by atoms with van der Waals surface area (Å²) in [6, 6.07) is 0.549. The van der Waals surface area contributed by atoms with Gasteiger partial charge in [-0.15, -0.1) is 0 Å². The van der Waals surface area contributed by atoms with Crippen LogP contribution in [0.15, 0.2) is 0 Å². The Morgan fingerprint density at radius 2 is 1.84 bits per heavy atom. The van der Waals surface area contributed by atoms with Crippen LogP contribution in [0.3, 0.4) is 0 Å². The van der Waals surface area contributed by atoms with E-state index in [2.05, 4.69) is 4.90 Å². The summed E-state index contributed by atoms with van der Waals surface area (Å²) >= 11 is 0. The zero-order valence-corrected chi connectivity index (χ0v) is 11.1. The third-order valence-electron chi connectivity index (χ3n) is 4.83. The van der Waals surface area contributed by atoms with Crippen molar-refractivity contribution in [3.63, 3.8) is 0 Å². The lowest BCUT2D eigenvalue weighted by Gasteiger charge is -2.39. The highest BCUT2D eigenvalue weighted by molar-refractivity contribution is 5.80. The van der Waals surface area contributed by atoms with E-state index < -0.39 is 5.97 Å². The molecule has 0 aromatic rings. The molecule has 0 spiro atoms. The van der Waals surface area contributed by atoms with Crippen LogP contribution in [0, 0.1) is 11.8 Å². The number of ether oxygens (including phenoxy) is 1. The zero-order valence-electron chi connectivity index (χ0n) is 11.1. The number of piperidine rings is 1. The molecule has 0 aromatic carbocycles. The minimum Gasteiger partial charge on any atom is -0.481 e. The predicted molar refractivity (Wildman–Crippen MR) is 67.6 cm³/mol. The number of aliphatic carboxylic acids is 1. The summed E-state index contributed by atoms with van der Waals surface area (Å²) in [6.45, 7) is 1.26. The second-order valence-corrected chi connectivity index (χ2v) is 6.13. The summed E-state index contributed by atoms with van der Waals surface area (Å²) in [5.74, 6) is -0.176. The summed E-state index contributed by atoms with van der Waals surface area (Å²) in [5.41, 5.74) is 0. The van der Waals surface area contributed by atoms with E-state index in [4.69, 9.17) is 9.84 Å². The Balaban J connectivity index is 1.65. The minimum atomic E-state index is -0.714. The van der Waals surface area contributed by atoms with Crippen molar-refractivity contribution in [3.05, 3.63) is 0 Å². The van der Waals surface area contributed by atoms with Gasteiger partial charge in [0.25, 0.3) is 0 Å². The number of hydrogen-bond donors (Lipinski definition) is 1. The van der Waals surface area contributed by atoms with Crippen LogP contribution in [-0.4, -0.2) is 47.2 Å². The number of carboxylic acid groups (broad SMARTS) is 1. The van der Waals surface area contributed by atoms with E-state index in [0.717, 1.165) is 32.1 Å². The largest absolute Gasteiger partial charge is 0.481 e. The average molecular weight is 267 g/mol. The van der Waals surface area contributed by atoms with Crippen LogP contribution >= 0.6 is 0 Å². The third kappa shape index (κ3) is 2.48. The monoisotopic (exact) mass is 267 g/mol. The molecule has 0 radical (unpaired) electrons. The highest BCUT2D eigenvalue weighted by atomic mass is 16.5. The molecule has 3 aliphatic heterocycles. The molecule has 3 atom stereocenters. The Morgan fingerprint density at radius 1 is 1.16 bits per heavy atom. The van der Waals surface area contributed by atoms with Crippen molar-refractivity contribution in [1.29, 1.82) is 0 Å². The quantitative estimate of drug-likeness (QED) is 0.836. The predicted octanol–water partition coefficient (Wildman–Crippen LogP) is 1.27. The van der Waals surface area contributed by atoms with Gasteiger partial charge in [-0.25, -0.2) is 0 Å². The highest BCUT2D eigenvalue weighted by Crippen LogP contribution is 2.41. The van der Waals surface area contributed by atoms with Crippen molar-refractivity contribution in [1.82, 2.24) is 4.90 Å². The van der Waals surface area contributed by atoms with E-state index in [1.807, 2.05) is 0 Å². The van der Waals surface area contributed by atoms with E-state index in [1.54, 1.807) is 0 Å². The zero-order chi connectivity index (χ0) is 13.4. The number of amides is 1. The third-order valence-corrected chi connectivity index (χ3v) is 4.83. The van der Waals surface area contributed by atoms with E-state index in [0.29, 0.717) is 13.2 Å². The van der Waals surface area contributed by atoms with Gasteiger partial charge < -0.3 is 14.7 Å². The molecular formula is C14H21NO4. The smallest absolute Gasteiger partial charge is 0.303 e. The molecule has 3 saturated heterocycles. The number of nitrogens with zero attached hydrogens (tertiary/aromatic N) is 1. The first-order chi connectivity index (χ1) is 9.15. The molecular weight excluding hydrogens is 246 g/mol. The standard InChI is InChI=1S/C14H21NO4/c16-13(17)7-9-5-11-1-2-12(6-9)15(11)14(18)10-3-4-19-8-10/h9-12H,1-8H2,(H,16,17). The highest BCUT2D eigenvalue weighted by Gasteiger charge is 2.45. The Hall–Kier alpha value is -1.10. The van der Waals surface area contributed by atoms with Crippen molar-refractivity contribution < 1.29 is 19.4 Å². The van der Waals surface area contributed by atoms with E-state index in [9.17, 15) is 9.59 Å². The number of hydrogen-bond acceptors (Lipinski definition) is 3. The summed E-state index contributed by atoms with van der Waals surface area (Å²) in [4.78, 5) is 25.4.